The summed E-state index contributed by atoms with van der Waals surface area (Å²) in [6, 6.07) is -0.138. The van der Waals surface area contributed by atoms with Gasteiger partial charge in [-0.15, -0.1) is 12.4 Å². The molecule has 1 saturated carbocycles. The summed E-state index contributed by atoms with van der Waals surface area (Å²) >= 11 is 0. The summed E-state index contributed by atoms with van der Waals surface area (Å²) in [6.45, 7) is 1.42. The van der Waals surface area contributed by atoms with Crippen LogP contribution in [0.2, 0.25) is 0 Å². The molecule has 26 heavy (non-hydrogen) atoms. The van der Waals surface area contributed by atoms with E-state index < -0.39 is 0 Å². The van der Waals surface area contributed by atoms with Gasteiger partial charge in [0, 0.05) is 44.7 Å². The second-order valence-electron chi connectivity index (χ2n) is 7.50. The Morgan fingerprint density at radius 3 is 2.69 bits per heavy atom. The molecule has 2 aliphatic rings. The first-order valence-corrected chi connectivity index (χ1v) is 9.32. The van der Waals surface area contributed by atoms with Gasteiger partial charge in [-0.2, -0.15) is 5.10 Å². The van der Waals surface area contributed by atoms with Crippen molar-refractivity contribution in [3.63, 3.8) is 0 Å². The van der Waals surface area contributed by atoms with E-state index in [1.807, 2.05) is 19.4 Å². The lowest BCUT2D eigenvalue weighted by Gasteiger charge is -2.31. The van der Waals surface area contributed by atoms with Gasteiger partial charge >= 0.3 is 0 Å². The van der Waals surface area contributed by atoms with Crippen LogP contribution in [0.25, 0.3) is 0 Å². The number of carbonyl (C=O) groups excluding carboxylic acids is 2. The minimum absolute atomic E-state index is 0. The van der Waals surface area contributed by atoms with Crippen molar-refractivity contribution in [2.75, 3.05) is 13.1 Å². The Kier molecular flexibility index (Phi) is 7.46. The molecule has 2 heterocycles. The number of carbonyl (C=O) groups is 2. The molecule has 2 amide bonds. The van der Waals surface area contributed by atoms with Crippen molar-refractivity contribution >= 4 is 24.2 Å². The molecule has 8 heteroatoms. The van der Waals surface area contributed by atoms with Gasteiger partial charge in [0.25, 0.3) is 0 Å². The second-order valence-corrected chi connectivity index (χ2v) is 7.50. The lowest BCUT2D eigenvalue weighted by molar-refractivity contribution is -0.126. The molecular formula is C18H30ClN5O2. The van der Waals surface area contributed by atoms with E-state index in [2.05, 4.69) is 15.7 Å². The van der Waals surface area contributed by atoms with Crippen LogP contribution in [0.5, 0.6) is 0 Å². The average Bonchev–Trinajstić information content (AvgIpc) is 3.23. The number of nitrogens with one attached hydrogen (secondary N) is 2. The fourth-order valence-electron chi connectivity index (χ4n) is 4.31. The third kappa shape index (κ3) is 4.98. The molecule has 0 radical (unpaired) electrons. The van der Waals surface area contributed by atoms with E-state index in [0.717, 1.165) is 24.9 Å². The van der Waals surface area contributed by atoms with E-state index in [0.29, 0.717) is 12.5 Å². The van der Waals surface area contributed by atoms with Gasteiger partial charge in [-0.25, -0.2) is 0 Å². The third-order valence-electron chi connectivity index (χ3n) is 5.67. The van der Waals surface area contributed by atoms with Crippen molar-refractivity contribution in [2.45, 2.75) is 50.5 Å². The van der Waals surface area contributed by atoms with Crippen LogP contribution < -0.4 is 16.4 Å². The Morgan fingerprint density at radius 2 is 2.08 bits per heavy atom. The number of hydrogen-bond donors (Lipinski definition) is 3. The van der Waals surface area contributed by atoms with Gasteiger partial charge < -0.3 is 16.4 Å². The Labute approximate surface area is 160 Å². The molecule has 1 aromatic rings. The summed E-state index contributed by atoms with van der Waals surface area (Å²) in [6.07, 6.45) is 9.73. The predicted octanol–water partition coefficient (Wildman–Crippen LogP) is 1.09. The molecule has 1 aliphatic carbocycles. The van der Waals surface area contributed by atoms with Crippen molar-refractivity contribution in [3.8, 4) is 0 Å². The van der Waals surface area contributed by atoms with Gasteiger partial charge in [0.2, 0.25) is 11.8 Å². The molecule has 0 aromatic carbocycles. The molecule has 3 atom stereocenters. The average molecular weight is 384 g/mol. The molecule has 0 spiro atoms. The fourth-order valence-corrected chi connectivity index (χ4v) is 4.31. The number of aromatic nitrogens is 2. The minimum Gasteiger partial charge on any atom is -0.370 e. The zero-order chi connectivity index (χ0) is 17.8. The van der Waals surface area contributed by atoms with E-state index in [4.69, 9.17) is 5.73 Å². The molecule has 146 valence electrons. The highest BCUT2D eigenvalue weighted by atomic mass is 35.5. The molecular weight excluding hydrogens is 354 g/mol. The topological polar surface area (TPSA) is 102 Å². The lowest BCUT2D eigenvalue weighted by Crippen LogP contribution is -2.46. The second kappa shape index (κ2) is 9.37. The number of aryl methyl sites for hydroxylation is 1. The Hall–Kier alpha value is -1.60. The highest BCUT2D eigenvalue weighted by Gasteiger charge is 2.36. The molecule has 1 unspecified atom stereocenters. The van der Waals surface area contributed by atoms with Gasteiger partial charge in [-0.3, -0.25) is 14.3 Å². The minimum atomic E-state index is -0.343. The van der Waals surface area contributed by atoms with E-state index in [9.17, 15) is 9.59 Å². The summed E-state index contributed by atoms with van der Waals surface area (Å²) in [7, 11) is 1.88. The molecule has 4 N–H and O–H groups in total. The van der Waals surface area contributed by atoms with E-state index in [-0.39, 0.29) is 48.5 Å². The summed E-state index contributed by atoms with van der Waals surface area (Å²) in [4.78, 5) is 24.4. The largest absolute Gasteiger partial charge is 0.370 e. The van der Waals surface area contributed by atoms with Gasteiger partial charge in [0.1, 0.15) is 0 Å². The Morgan fingerprint density at radius 1 is 1.35 bits per heavy atom. The van der Waals surface area contributed by atoms with Crippen LogP contribution in [0.15, 0.2) is 12.4 Å². The quantitative estimate of drug-likeness (QED) is 0.684. The van der Waals surface area contributed by atoms with Crippen LogP contribution in [0.1, 0.15) is 50.0 Å². The highest BCUT2D eigenvalue weighted by Crippen LogP contribution is 2.30. The highest BCUT2D eigenvalue weighted by molar-refractivity contribution is 5.85. The first kappa shape index (κ1) is 20.7. The standard InChI is InChI=1S/C18H29N5O2.ClH/c1-23-11-13(8-21-23)14-9-20-10-15(14)18(25)22-16(7-17(19)24)12-5-3-2-4-6-12;/h8,11-12,14-16,20H,2-7,9-10H2,1H3,(H2,19,24)(H,22,25);1H/t14-,15+,16?;/m1./s1. The summed E-state index contributed by atoms with van der Waals surface area (Å²) in [5.74, 6) is 0.0220. The maximum atomic E-state index is 12.9. The summed E-state index contributed by atoms with van der Waals surface area (Å²) in [5, 5.41) is 10.7. The zero-order valence-electron chi connectivity index (χ0n) is 15.3. The molecule has 3 rings (SSSR count). The van der Waals surface area contributed by atoms with Gasteiger partial charge in [0.05, 0.1) is 12.1 Å². The van der Waals surface area contributed by atoms with Crippen molar-refractivity contribution in [2.24, 2.45) is 24.6 Å². The van der Waals surface area contributed by atoms with E-state index in [1.165, 1.54) is 19.3 Å². The van der Waals surface area contributed by atoms with Crippen LogP contribution in [0, 0.1) is 11.8 Å². The molecule has 7 nitrogen and oxygen atoms in total. The summed E-state index contributed by atoms with van der Waals surface area (Å²) < 4.78 is 1.76. The number of rotatable bonds is 6. The van der Waals surface area contributed by atoms with Crippen molar-refractivity contribution in [3.05, 3.63) is 18.0 Å². The number of halogens is 1. The van der Waals surface area contributed by atoms with Crippen LogP contribution in [0.4, 0.5) is 0 Å². The number of primary amides is 1. The van der Waals surface area contributed by atoms with Crippen LogP contribution in [0.3, 0.4) is 0 Å². The van der Waals surface area contributed by atoms with Gasteiger partial charge in [0.15, 0.2) is 0 Å². The van der Waals surface area contributed by atoms with E-state index >= 15 is 0 Å². The first-order chi connectivity index (χ1) is 12.0. The van der Waals surface area contributed by atoms with Crippen molar-refractivity contribution < 1.29 is 9.59 Å². The van der Waals surface area contributed by atoms with Crippen LogP contribution >= 0.6 is 12.4 Å². The van der Waals surface area contributed by atoms with E-state index in [1.54, 1.807) is 4.68 Å². The Balaban J connectivity index is 0.00000243. The SMILES string of the molecule is Cl.Cn1cc([C@H]2CNC[C@@H]2C(=O)NC(CC(N)=O)C2CCCCC2)cn1. The Bertz CT molecular complexity index is 614. The number of nitrogens with zero attached hydrogens (tertiary/aromatic N) is 2. The normalized spacial score (nSPS) is 24.7. The van der Waals surface area contributed by atoms with Gasteiger partial charge in [-0.1, -0.05) is 19.3 Å². The number of hydrogen-bond acceptors (Lipinski definition) is 4. The molecule has 1 aromatic heterocycles. The summed E-state index contributed by atoms with van der Waals surface area (Å²) in [5.41, 5.74) is 6.52. The predicted molar refractivity (Wildman–Crippen MR) is 102 cm³/mol. The van der Waals surface area contributed by atoms with Crippen molar-refractivity contribution in [1.29, 1.82) is 0 Å². The maximum Gasteiger partial charge on any atom is 0.225 e. The molecule has 0 bridgehead atoms. The smallest absolute Gasteiger partial charge is 0.225 e. The molecule has 1 aliphatic heterocycles. The zero-order valence-corrected chi connectivity index (χ0v) is 16.1. The molecule has 1 saturated heterocycles. The van der Waals surface area contributed by atoms with Crippen LogP contribution in [-0.2, 0) is 16.6 Å². The fraction of sp³-hybridized carbons (Fsp3) is 0.722. The van der Waals surface area contributed by atoms with Gasteiger partial charge in [-0.05, 0) is 24.3 Å². The maximum absolute atomic E-state index is 12.9. The number of amides is 2. The lowest BCUT2D eigenvalue weighted by atomic mass is 9.82. The molecule has 2 fully saturated rings. The van der Waals surface area contributed by atoms with Crippen molar-refractivity contribution in [1.82, 2.24) is 20.4 Å². The monoisotopic (exact) mass is 383 g/mol. The van der Waals surface area contributed by atoms with Crippen LogP contribution in [-0.4, -0.2) is 40.7 Å². The number of nitrogens with two attached hydrogens (primary N) is 1. The third-order valence-corrected chi connectivity index (χ3v) is 5.67. The first-order valence-electron chi connectivity index (χ1n) is 9.32.